The largest absolute Gasteiger partial charge is 0.436 e. The molecule has 1 saturated heterocycles. The molecule has 0 radical (unpaired) electrons. The van der Waals surface area contributed by atoms with Crippen LogP contribution in [0.2, 0.25) is 5.15 Å². The van der Waals surface area contributed by atoms with E-state index in [9.17, 15) is 27.9 Å². The molecule has 2 unspecified atom stereocenters. The highest BCUT2D eigenvalue weighted by Crippen LogP contribution is 2.40. The van der Waals surface area contributed by atoms with Gasteiger partial charge in [0.25, 0.3) is 5.91 Å². The van der Waals surface area contributed by atoms with Crippen LogP contribution in [-0.2, 0) is 9.53 Å². The predicted octanol–water partition coefficient (Wildman–Crippen LogP) is 2.74. The molecule has 1 fully saturated rings. The van der Waals surface area contributed by atoms with E-state index in [0.717, 1.165) is 0 Å². The van der Waals surface area contributed by atoms with Gasteiger partial charge in [-0.3, -0.25) is 9.59 Å². The van der Waals surface area contributed by atoms with Gasteiger partial charge in [0.15, 0.2) is 6.30 Å². The average molecular weight is 499 g/mol. The van der Waals surface area contributed by atoms with Crippen molar-refractivity contribution in [3.63, 3.8) is 0 Å². The maximum absolute atomic E-state index is 15.4. The molecule has 2 rings (SSSR count). The summed E-state index contributed by atoms with van der Waals surface area (Å²) in [5.74, 6) is -2.83. The Bertz CT molecular complexity index is 858. The van der Waals surface area contributed by atoms with Gasteiger partial charge in [0.05, 0.1) is 13.0 Å². The first-order valence-corrected chi connectivity index (χ1v) is 10.6. The van der Waals surface area contributed by atoms with Crippen molar-refractivity contribution in [2.24, 2.45) is 5.92 Å². The first-order valence-electron chi connectivity index (χ1n) is 10.2. The number of aromatic nitrogens is 1. The summed E-state index contributed by atoms with van der Waals surface area (Å²) in [7, 11) is 4.27. The Labute approximate surface area is 193 Å². The second kappa shape index (κ2) is 10.8. The van der Waals surface area contributed by atoms with E-state index in [1.54, 1.807) is 5.32 Å². The summed E-state index contributed by atoms with van der Waals surface area (Å²) in [6.45, 7) is 0.0117. The number of aliphatic hydroxyl groups is 1. The van der Waals surface area contributed by atoms with Crippen molar-refractivity contribution in [2.75, 3.05) is 39.3 Å². The Morgan fingerprint density at radius 2 is 2.03 bits per heavy atom. The minimum absolute atomic E-state index is 0.0472. The average Bonchev–Trinajstić information content (AvgIpc) is 2.71. The molecule has 2 heterocycles. The smallest absolute Gasteiger partial charge is 0.384 e. The lowest BCUT2D eigenvalue weighted by molar-refractivity contribution is -0.278. The van der Waals surface area contributed by atoms with Crippen molar-refractivity contribution in [1.82, 2.24) is 15.2 Å². The zero-order valence-corrected chi connectivity index (χ0v) is 19.2. The van der Waals surface area contributed by atoms with Gasteiger partial charge >= 0.3 is 6.18 Å². The number of amides is 2. The number of nitrogens with one attached hydrogen (secondary N) is 1. The summed E-state index contributed by atoms with van der Waals surface area (Å²) >= 11 is 5.99. The number of alkyl halides is 4. The minimum atomic E-state index is -5.23. The Hall–Kier alpha value is -2.18. The van der Waals surface area contributed by atoms with Crippen LogP contribution in [0, 0.1) is 5.92 Å². The van der Waals surface area contributed by atoms with Crippen LogP contribution in [0.5, 0.6) is 0 Å². The maximum atomic E-state index is 15.4. The van der Waals surface area contributed by atoms with Crippen LogP contribution in [0.3, 0.4) is 0 Å². The number of halogens is 5. The fourth-order valence-corrected chi connectivity index (χ4v) is 3.81. The fourth-order valence-electron chi connectivity index (χ4n) is 3.60. The van der Waals surface area contributed by atoms with E-state index in [1.165, 1.54) is 43.1 Å². The van der Waals surface area contributed by atoms with Gasteiger partial charge in [-0.15, -0.1) is 0 Å². The zero-order chi connectivity index (χ0) is 25.0. The van der Waals surface area contributed by atoms with Crippen molar-refractivity contribution < 1.29 is 37.0 Å². The molecule has 0 saturated carbocycles. The first-order chi connectivity index (χ1) is 15.3. The van der Waals surface area contributed by atoms with Gasteiger partial charge in [-0.1, -0.05) is 11.6 Å². The molecule has 33 heavy (non-hydrogen) atoms. The number of rotatable bonds is 8. The summed E-state index contributed by atoms with van der Waals surface area (Å²) in [5, 5.41) is 11.8. The summed E-state index contributed by atoms with van der Waals surface area (Å²) in [5.41, 5.74) is -3.48. The minimum Gasteiger partial charge on any atom is -0.384 e. The highest BCUT2D eigenvalue weighted by Gasteiger charge is 2.57. The molecule has 1 aliphatic rings. The predicted molar refractivity (Wildman–Crippen MR) is 112 cm³/mol. The van der Waals surface area contributed by atoms with Gasteiger partial charge in [0, 0.05) is 45.8 Å². The lowest BCUT2D eigenvalue weighted by Crippen LogP contribution is -2.61. The lowest BCUT2D eigenvalue weighted by Gasteiger charge is -2.41. The molecule has 3 atom stereocenters. The van der Waals surface area contributed by atoms with Crippen LogP contribution in [0.4, 0.5) is 23.2 Å². The van der Waals surface area contributed by atoms with E-state index in [4.69, 9.17) is 11.6 Å². The van der Waals surface area contributed by atoms with Gasteiger partial charge in [-0.2, -0.15) is 13.2 Å². The SMILES string of the molecule is COCCC(=O)N[C@@](O)(CC1CCCN(c2cc(Cl)nc(C(=O)N(C)C)c2)C1F)C(F)(F)F. The summed E-state index contributed by atoms with van der Waals surface area (Å²) < 4.78 is 61.1. The molecule has 2 N–H and O–H groups in total. The normalized spacial score (nSPS) is 20.8. The molecular weight excluding hydrogens is 472 g/mol. The standard InChI is InChI=1S/C20H27ClF4N4O4/c1-28(2)18(31)14-9-13(10-15(21)26-14)29-7-4-5-12(17(29)22)11-19(32,20(23,24)25)27-16(30)6-8-33-3/h9-10,12,17,32H,4-8,11H2,1-3H3,(H,27,30)/t12?,17?,19-/m1/s1. The number of nitrogens with zero attached hydrogens (tertiary/aromatic N) is 3. The van der Waals surface area contributed by atoms with Crippen molar-refractivity contribution in [3.05, 3.63) is 23.0 Å². The molecule has 2 amide bonds. The lowest BCUT2D eigenvalue weighted by atomic mass is 9.87. The molecule has 1 aliphatic heterocycles. The molecule has 0 spiro atoms. The highest BCUT2D eigenvalue weighted by molar-refractivity contribution is 6.29. The Morgan fingerprint density at radius 1 is 1.36 bits per heavy atom. The van der Waals surface area contributed by atoms with Crippen LogP contribution in [-0.4, -0.2) is 79.4 Å². The fraction of sp³-hybridized carbons (Fsp3) is 0.650. The first kappa shape index (κ1) is 27.1. The number of piperidine rings is 1. The van der Waals surface area contributed by atoms with Crippen LogP contribution in [0.15, 0.2) is 12.1 Å². The summed E-state index contributed by atoms with van der Waals surface area (Å²) in [4.78, 5) is 30.4. The van der Waals surface area contributed by atoms with E-state index < -0.39 is 48.8 Å². The molecule has 1 aromatic heterocycles. The third kappa shape index (κ3) is 6.67. The number of hydrogen-bond acceptors (Lipinski definition) is 6. The molecule has 0 aromatic carbocycles. The van der Waals surface area contributed by atoms with Gasteiger partial charge in [0.2, 0.25) is 11.6 Å². The van der Waals surface area contributed by atoms with E-state index in [-0.39, 0.29) is 36.1 Å². The summed E-state index contributed by atoms with van der Waals surface area (Å²) in [6.07, 6.45) is -8.30. The van der Waals surface area contributed by atoms with Gasteiger partial charge in [0.1, 0.15) is 10.8 Å². The molecular formula is C20H27ClF4N4O4. The summed E-state index contributed by atoms with van der Waals surface area (Å²) in [6, 6.07) is 2.62. The highest BCUT2D eigenvalue weighted by atomic mass is 35.5. The number of hydrogen-bond donors (Lipinski definition) is 2. The quantitative estimate of drug-likeness (QED) is 0.248. The second-order valence-corrected chi connectivity index (χ2v) is 8.44. The molecule has 1 aromatic rings. The van der Waals surface area contributed by atoms with Crippen LogP contribution in [0.25, 0.3) is 0 Å². The Balaban J connectivity index is 2.28. The second-order valence-electron chi connectivity index (χ2n) is 8.05. The van der Waals surface area contributed by atoms with Crippen molar-refractivity contribution >= 4 is 29.1 Å². The third-order valence-corrected chi connectivity index (χ3v) is 5.50. The number of carbonyl (C=O) groups excluding carboxylic acids is 2. The molecule has 8 nitrogen and oxygen atoms in total. The number of carbonyl (C=O) groups is 2. The molecule has 13 heteroatoms. The Kier molecular flexibility index (Phi) is 8.88. The maximum Gasteiger partial charge on any atom is 0.436 e. The van der Waals surface area contributed by atoms with Crippen molar-refractivity contribution in [3.8, 4) is 0 Å². The number of anilines is 1. The Morgan fingerprint density at radius 3 is 2.61 bits per heavy atom. The van der Waals surface area contributed by atoms with Gasteiger partial charge in [-0.05, 0) is 25.0 Å². The molecule has 0 bridgehead atoms. The van der Waals surface area contributed by atoms with Gasteiger partial charge in [-0.25, -0.2) is 9.37 Å². The van der Waals surface area contributed by atoms with Crippen molar-refractivity contribution in [1.29, 1.82) is 0 Å². The van der Waals surface area contributed by atoms with Crippen LogP contribution < -0.4 is 10.2 Å². The monoisotopic (exact) mass is 498 g/mol. The van der Waals surface area contributed by atoms with Gasteiger partial charge < -0.3 is 25.0 Å². The van der Waals surface area contributed by atoms with E-state index in [0.29, 0.717) is 6.42 Å². The number of pyridine rings is 1. The van der Waals surface area contributed by atoms with Crippen LogP contribution in [0.1, 0.15) is 36.2 Å². The van der Waals surface area contributed by atoms with E-state index >= 15 is 4.39 Å². The number of ether oxygens (including phenoxy) is 1. The van der Waals surface area contributed by atoms with E-state index in [2.05, 4.69) is 9.72 Å². The third-order valence-electron chi connectivity index (χ3n) is 5.30. The van der Waals surface area contributed by atoms with Crippen molar-refractivity contribution in [2.45, 2.75) is 43.9 Å². The zero-order valence-electron chi connectivity index (χ0n) is 18.5. The molecule has 0 aliphatic carbocycles. The topological polar surface area (TPSA) is 95.0 Å². The molecule has 186 valence electrons. The number of methoxy groups -OCH3 is 1. The van der Waals surface area contributed by atoms with Crippen LogP contribution >= 0.6 is 11.6 Å². The van der Waals surface area contributed by atoms with E-state index in [1.807, 2.05) is 0 Å².